The zero-order chi connectivity index (χ0) is 18.2. The van der Waals surface area contributed by atoms with Crippen LogP contribution in [0.15, 0.2) is 48.5 Å². The van der Waals surface area contributed by atoms with E-state index in [1.54, 1.807) is 24.1 Å². The Hall–Kier alpha value is -2.89. The first-order valence-electron chi connectivity index (χ1n) is 8.04. The van der Waals surface area contributed by atoms with Crippen molar-refractivity contribution in [3.05, 3.63) is 65.5 Å². The second-order valence-electron chi connectivity index (χ2n) is 5.84. The zero-order valence-electron chi connectivity index (χ0n) is 14.4. The molecule has 132 valence electrons. The summed E-state index contributed by atoms with van der Waals surface area (Å²) < 4.78 is 12.9. The molecule has 2 aromatic carbocycles. The Morgan fingerprint density at radius 1 is 1.00 bits per heavy atom. The molecule has 0 heterocycles. The highest BCUT2D eigenvalue weighted by molar-refractivity contribution is 5.88. The van der Waals surface area contributed by atoms with Gasteiger partial charge in [-0.15, -0.1) is 0 Å². The number of amides is 3. The maximum atomic E-state index is 12.9. The van der Waals surface area contributed by atoms with Gasteiger partial charge in [0.25, 0.3) is 0 Å². The molecule has 0 spiro atoms. The van der Waals surface area contributed by atoms with Crippen LogP contribution in [0.5, 0.6) is 0 Å². The maximum absolute atomic E-state index is 12.9. The van der Waals surface area contributed by atoms with Crippen molar-refractivity contribution in [1.82, 2.24) is 10.2 Å². The highest BCUT2D eigenvalue weighted by Gasteiger charge is 2.08. The van der Waals surface area contributed by atoms with Crippen molar-refractivity contribution in [2.45, 2.75) is 19.9 Å². The molecule has 0 unspecified atom stereocenters. The summed E-state index contributed by atoms with van der Waals surface area (Å²) in [6.45, 7) is 2.38. The smallest absolute Gasteiger partial charge is 0.317 e. The number of carbonyl (C=O) groups is 2. The van der Waals surface area contributed by atoms with E-state index in [0.29, 0.717) is 19.5 Å². The van der Waals surface area contributed by atoms with Crippen LogP contribution < -0.4 is 10.6 Å². The van der Waals surface area contributed by atoms with Gasteiger partial charge in [0.2, 0.25) is 5.91 Å². The molecule has 6 heteroatoms. The topological polar surface area (TPSA) is 61.4 Å². The predicted molar refractivity (Wildman–Crippen MR) is 95.7 cm³/mol. The quantitative estimate of drug-likeness (QED) is 0.846. The molecule has 25 heavy (non-hydrogen) atoms. The van der Waals surface area contributed by atoms with Gasteiger partial charge in [0.15, 0.2) is 0 Å². The maximum Gasteiger partial charge on any atom is 0.317 e. The van der Waals surface area contributed by atoms with E-state index in [-0.39, 0.29) is 17.8 Å². The normalized spacial score (nSPS) is 10.2. The van der Waals surface area contributed by atoms with Crippen LogP contribution in [-0.2, 0) is 17.8 Å². The Bertz CT molecular complexity index is 714. The number of halogens is 1. The summed E-state index contributed by atoms with van der Waals surface area (Å²) in [7, 11) is 1.70. The van der Waals surface area contributed by atoms with Crippen LogP contribution in [-0.4, -0.2) is 30.4 Å². The standard InChI is InChI=1S/C19H22FN3O2/c1-14(24)22-18-9-5-15(6-10-18)11-12-21-19(25)23(2)13-16-3-7-17(20)8-4-16/h3-10H,11-13H2,1-2H3,(H,21,25)(H,22,24). The number of rotatable bonds is 6. The van der Waals surface area contributed by atoms with Gasteiger partial charge < -0.3 is 15.5 Å². The fourth-order valence-electron chi connectivity index (χ4n) is 2.34. The summed E-state index contributed by atoms with van der Waals surface area (Å²) in [5.41, 5.74) is 2.68. The van der Waals surface area contributed by atoms with Crippen LogP contribution >= 0.6 is 0 Å². The first kappa shape index (κ1) is 18.4. The molecule has 0 saturated carbocycles. The largest absolute Gasteiger partial charge is 0.338 e. The van der Waals surface area contributed by atoms with Crippen molar-refractivity contribution in [1.29, 1.82) is 0 Å². The van der Waals surface area contributed by atoms with E-state index in [1.165, 1.54) is 19.1 Å². The summed E-state index contributed by atoms with van der Waals surface area (Å²) >= 11 is 0. The van der Waals surface area contributed by atoms with Crippen LogP contribution in [0.4, 0.5) is 14.9 Å². The van der Waals surface area contributed by atoms with Gasteiger partial charge >= 0.3 is 6.03 Å². The number of benzene rings is 2. The van der Waals surface area contributed by atoms with E-state index >= 15 is 0 Å². The summed E-state index contributed by atoms with van der Waals surface area (Å²) in [4.78, 5) is 24.6. The van der Waals surface area contributed by atoms with Crippen molar-refractivity contribution in [2.24, 2.45) is 0 Å². The van der Waals surface area contributed by atoms with Crippen LogP contribution in [0, 0.1) is 5.82 Å². The van der Waals surface area contributed by atoms with Crippen LogP contribution in [0.25, 0.3) is 0 Å². The third kappa shape index (κ3) is 6.25. The van der Waals surface area contributed by atoms with Gasteiger partial charge in [-0.3, -0.25) is 4.79 Å². The van der Waals surface area contributed by atoms with Crippen LogP contribution in [0.2, 0.25) is 0 Å². The van der Waals surface area contributed by atoms with E-state index in [4.69, 9.17) is 0 Å². The zero-order valence-corrected chi connectivity index (χ0v) is 14.4. The molecule has 0 bridgehead atoms. The van der Waals surface area contributed by atoms with Gasteiger partial charge in [0, 0.05) is 32.7 Å². The van der Waals surface area contributed by atoms with Crippen molar-refractivity contribution in [2.75, 3.05) is 18.9 Å². The van der Waals surface area contributed by atoms with Crippen molar-refractivity contribution in [3.8, 4) is 0 Å². The number of hydrogen-bond acceptors (Lipinski definition) is 2. The van der Waals surface area contributed by atoms with Crippen LogP contribution in [0.1, 0.15) is 18.1 Å². The Balaban J connectivity index is 1.75. The summed E-state index contributed by atoms with van der Waals surface area (Å²) in [5.74, 6) is -0.399. The molecule has 0 aliphatic carbocycles. The van der Waals surface area contributed by atoms with Crippen molar-refractivity contribution < 1.29 is 14.0 Å². The molecule has 0 atom stereocenters. The first-order chi connectivity index (χ1) is 11.9. The van der Waals surface area contributed by atoms with Gasteiger partial charge in [-0.25, -0.2) is 9.18 Å². The molecule has 0 radical (unpaired) electrons. The molecule has 0 aliphatic rings. The molecular weight excluding hydrogens is 321 g/mol. The lowest BCUT2D eigenvalue weighted by Gasteiger charge is -2.18. The molecule has 3 amide bonds. The Labute approximate surface area is 146 Å². The predicted octanol–water partition coefficient (Wildman–Crippen LogP) is 3.17. The number of nitrogens with one attached hydrogen (secondary N) is 2. The van der Waals surface area contributed by atoms with E-state index < -0.39 is 0 Å². The Morgan fingerprint density at radius 3 is 2.20 bits per heavy atom. The minimum Gasteiger partial charge on any atom is -0.338 e. The molecule has 0 aliphatic heterocycles. The first-order valence-corrected chi connectivity index (χ1v) is 8.04. The molecule has 0 aromatic heterocycles. The van der Waals surface area contributed by atoms with Gasteiger partial charge in [-0.05, 0) is 41.8 Å². The lowest BCUT2D eigenvalue weighted by atomic mass is 10.1. The Morgan fingerprint density at radius 2 is 1.60 bits per heavy atom. The van der Waals surface area contributed by atoms with Gasteiger partial charge in [0.1, 0.15) is 5.82 Å². The van der Waals surface area contributed by atoms with Crippen molar-refractivity contribution >= 4 is 17.6 Å². The SMILES string of the molecule is CC(=O)Nc1ccc(CCNC(=O)N(C)Cc2ccc(F)cc2)cc1. The minimum atomic E-state index is -0.291. The molecule has 2 aromatic rings. The number of hydrogen-bond donors (Lipinski definition) is 2. The number of anilines is 1. The molecule has 2 N–H and O–H groups in total. The average Bonchev–Trinajstić information content (AvgIpc) is 2.58. The lowest BCUT2D eigenvalue weighted by Crippen LogP contribution is -2.37. The number of carbonyl (C=O) groups excluding carboxylic acids is 2. The van der Waals surface area contributed by atoms with Gasteiger partial charge in [-0.1, -0.05) is 24.3 Å². The summed E-state index contributed by atoms with van der Waals surface area (Å²) in [6, 6.07) is 13.4. The second kappa shape index (κ2) is 8.82. The highest BCUT2D eigenvalue weighted by atomic mass is 19.1. The molecule has 2 rings (SSSR count). The average molecular weight is 343 g/mol. The van der Waals surface area contributed by atoms with Crippen molar-refractivity contribution in [3.63, 3.8) is 0 Å². The van der Waals surface area contributed by atoms with Crippen LogP contribution in [0.3, 0.4) is 0 Å². The third-order valence-electron chi connectivity index (χ3n) is 3.64. The third-order valence-corrected chi connectivity index (χ3v) is 3.64. The summed E-state index contributed by atoms with van der Waals surface area (Å²) in [6.07, 6.45) is 0.691. The Kier molecular flexibility index (Phi) is 6.51. The molecule has 0 fully saturated rings. The molecular formula is C19H22FN3O2. The summed E-state index contributed by atoms with van der Waals surface area (Å²) in [5, 5.41) is 5.56. The molecule has 5 nitrogen and oxygen atoms in total. The fraction of sp³-hybridized carbons (Fsp3) is 0.263. The fourth-order valence-corrected chi connectivity index (χ4v) is 2.34. The van der Waals surface area contributed by atoms with E-state index in [9.17, 15) is 14.0 Å². The lowest BCUT2D eigenvalue weighted by molar-refractivity contribution is -0.114. The number of nitrogens with zero attached hydrogens (tertiary/aromatic N) is 1. The van der Waals surface area contributed by atoms with Gasteiger partial charge in [0.05, 0.1) is 0 Å². The minimum absolute atomic E-state index is 0.107. The monoisotopic (exact) mass is 343 g/mol. The molecule has 0 saturated heterocycles. The van der Waals surface area contributed by atoms with E-state index in [2.05, 4.69) is 10.6 Å². The number of urea groups is 1. The van der Waals surface area contributed by atoms with E-state index in [1.807, 2.05) is 24.3 Å². The second-order valence-corrected chi connectivity index (χ2v) is 5.84. The van der Waals surface area contributed by atoms with Gasteiger partial charge in [-0.2, -0.15) is 0 Å². The van der Waals surface area contributed by atoms with E-state index in [0.717, 1.165) is 16.8 Å². The highest BCUT2D eigenvalue weighted by Crippen LogP contribution is 2.10.